The van der Waals surface area contributed by atoms with Gasteiger partial charge in [0, 0.05) is 18.2 Å². The molecular weight excluding hydrogens is 314 g/mol. The number of amides is 1. The molecule has 0 spiro atoms. The van der Waals surface area contributed by atoms with Crippen molar-refractivity contribution < 1.29 is 19.4 Å². The van der Waals surface area contributed by atoms with Crippen LogP contribution in [0.5, 0.6) is 5.75 Å². The zero-order chi connectivity index (χ0) is 17.7. The molecule has 9 heteroatoms. The van der Waals surface area contributed by atoms with Crippen molar-refractivity contribution in [1.82, 2.24) is 25.1 Å². The molecule has 0 unspecified atom stereocenters. The van der Waals surface area contributed by atoms with Crippen LogP contribution in [0.1, 0.15) is 30.6 Å². The number of nitrogens with zero attached hydrogens (tertiary/aromatic N) is 5. The van der Waals surface area contributed by atoms with Crippen LogP contribution in [-0.4, -0.2) is 61.8 Å². The van der Waals surface area contributed by atoms with Crippen LogP contribution < -0.4 is 4.74 Å². The van der Waals surface area contributed by atoms with Crippen LogP contribution in [0, 0.1) is 0 Å². The summed E-state index contributed by atoms with van der Waals surface area (Å²) in [6, 6.07) is 4.77. The molecule has 0 saturated heterocycles. The second kappa shape index (κ2) is 7.53. The standard InChI is InChI=1S/C15H19N5O4/c1-10(2)19(7-6-14(21)22)15(23)11-4-5-13(24-3)12(8-11)20-9-16-17-18-20/h4-5,8-10H,6-7H2,1-3H3,(H,21,22). The number of aliphatic carboxylic acids is 1. The fraction of sp³-hybridized carbons (Fsp3) is 0.400. The fourth-order valence-corrected chi connectivity index (χ4v) is 2.25. The van der Waals surface area contributed by atoms with Gasteiger partial charge in [0.05, 0.1) is 13.5 Å². The van der Waals surface area contributed by atoms with E-state index in [1.54, 1.807) is 18.2 Å². The second-order valence-electron chi connectivity index (χ2n) is 5.38. The molecule has 0 aliphatic rings. The number of carboxylic acids is 1. The molecule has 1 amide bonds. The molecule has 9 nitrogen and oxygen atoms in total. The molecule has 0 atom stereocenters. The Hall–Kier alpha value is -2.97. The van der Waals surface area contributed by atoms with Gasteiger partial charge < -0.3 is 14.7 Å². The summed E-state index contributed by atoms with van der Waals surface area (Å²) < 4.78 is 6.67. The summed E-state index contributed by atoms with van der Waals surface area (Å²) in [5, 5.41) is 19.8. The number of tetrazole rings is 1. The van der Waals surface area contributed by atoms with Crippen LogP contribution in [0.2, 0.25) is 0 Å². The van der Waals surface area contributed by atoms with E-state index in [1.807, 2.05) is 13.8 Å². The van der Waals surface area contributed by atoms with Crippen LogP contribution in [0.25, 0.3) is 5.69 Å². The van der Waals surface area contributed by atoms with Crippen molar-refractivity contribution in [2.45, 2.75) is 26.3 Å². The van der Waals surface area contributed by atoms with Crippen molar-refractivity contribution in [2.75, 3.05) is 13.7 Å². The Kier molecular flexibility index (Phi) is 5.46. The number of benzene rings is 1. The zero-order valence-electron chi connectivity index (χ0n) is 13.7. The molecule has 0 aliphatic carbocycles. The van der Waals surface area contributed by atoms with Gasteiger partial charge in [-0.05, 0) is 42.5 Å². The highest BCUT2D eigenvalue weighted by molar-refractivity contribution is 5.95. The molecule has 0 saturated carbocycles. The summed E-state index contributed by atoms with van der Waals surface area (Å²) in [7, 11) is 1.51. The average molecular weight is 333 g/mol. The summed E-state index contributed by atoms with van der Waals surface area (Å²) in [4.78, 5) is 25.1. The maximum Gasteiger partial charge on any atom is 0.305 e. The third kappa shape index (κ3) is 3.86. The van der Waals surface area contributed by atoms with Crippen molar-refractivity contribution >= 4 is 11.9 Å². The normalized spacial score (nSPS) is 10.7. The van der Waals surface area contributed by atoms with Crippen molar-refractivity contribution in [3.63, 3.8) is 0 Å². The maximum atomic E-state index is 12.8. The van der Waals surface area contributed by atoms with E-state index >= 15 is 0 Å². The lowest BCUT2D eigenvalue weighted by molar-refractivity contribution is -0.137. The third-order valence-electron chi connectivity index (χ3n) is 3.47. The Morgan fingerprint density at radius 3 is 2.67 bits per heavy atom. The van der Waals surface area contributed by atoms with Gasteiger partial charge >= 0.3 is 5.97 Å². The first-order valence-electron chi connectivity index (χ1n) is 7.38. The lowest BCUT2D eigenvalue weighted by atomic mass is 10.1. The number of methoxy groups -OCH3 is 1. The van der Waals surface area contributed by atoms with Crippen molar-refractivity contribution in [3.05, 3.63) is 30.1 Å². The number of aromatic nitrogens is 4. The van der Waals surface area contributed by atoms with Gasteiger partial charge in [-0.2, -0.15) is 4.68 Å². The van der Waals surface area contributed by atoms with E-state index in [2.05, 4.69) is 15.5 Å². The Bertz CT molecular complexity index is 715. The molecule has 2 aromatic rings. The number of carboxylic acid groups (broad SMARTS) is 1. The number of hydrogen-bond acceptors (Lipinski definition) is 6. The highest BCUT2D eigenvalue weighted by Crippen LogP contribution is 2.24. The summed E-state index contributed by atoms with van der Waals surface area (Å²) >= 11 is 0. The molecule has 0 aliphatic heterocycles. The van der Waals surface area contributed by atoms with Crippen molar-refractivity contribution in [2.24, 2.45) is 0 Å². The third-order valence-corrected chi connectivity index (χ3v) is 3.47. The summed E-state index contributed by atoms with van der Waals surface area (Å²) in [5.74, 6) is -0.693. The zero-order valence-corrected chi connectivity index (χ0v) is 13.7. The Labute approximate surface area is 138 Å². The number of ether oxygens (including phenoxy) is 1. The molecule has 0 radical (unpaired) electrons. The SMILES string of the molecule is COc1ccc(C(=O)N(CCC(=O)O)C(C)C)cc1-n1cnnn1. The molecule has 0 bridgehead atoms. The van der Waals surface area contributed by atoms with Crippen LogP contribution >= 0.6 is 0 Å². The molecule has 0 fully saturated rings. The molecule has 1 N–H and O–H groups in total. The Morgan fingerprint density at radius 2 is 2.12 bits per heavy atom. The van der Waals surface area contributed by atoms with Gasteiger partial charge in [-0.3, -0.25) is 9.59 Å². The average Bonchev–Trinajstić information content (AvgIpc) is 3.07. The first kappa shape index (κ1) is 17.4. The van der Waals surface area contributed by atoms with Crippen LogP contribution in [-0.2, 0) is 4.79 Å². The van der Waals surface area contributed by atoms with E-state index in [-0.39, 0.29) is 24.9 Å². The number of hydrogen-bond donors (Lipinski definition) is 1. The van der Waals surface area contributed by atoms with Gasteiger partial charge in [-0.25, -0.2) is 0 Å². The van der Waals surface area contributed by atoms with Crippen molar-refractivity contribution in [1.29, 1.82) is 0 Å². The van der Waals surface area contributed by atoms with Gasteiger partial charge in [0.25, 0.3) is 5.91 Å². The predicted octanol–water partition coefficient (Wildman–Crippen LogP) is 0.996. The van der Waals surface area contributed by atoms with Crippen molar-refractivity contribution in [3.8, 4) is 11.4 Å². The Balaban J connectivity index is 2.34. The molecule has 1 aromatic carbocycles. The van der Waals surface area contributed by atoms with Gasteiger partial charge in [-0.1, -0.05) is 0 Å². The first-order valence-corrected chi connectivity index (χ1v) is 7.38. The molecule has 1 aromatic heterocycles. The topological polar surface area (TPSA) is 110 Å². The van der Waals surface area contributed by atoms with Crippen LogP contribution in [0.15, 0.2) is 24.5 Å². The maximum absolute atomic E-state index is 12.8. The van der Waals surface area contributed by atoms with E-state index in [0.29, 0.717) is 17.0 Å². The van der Waals surface area contributed by atoms with E-state index in [1.165, 1.54) is 23.0 Å². The second-order valence-corrected chi connectivity index (χ2v) is 5.38. The largest absolute Gasteiger partial charge is 0.494 e. The summed E-state index contributed by atoms with van der Waals surface area (Å²) in [5.41, 5.74) is 0.927. The minimum atomic E-state index is -0.947. The lowest BCUT2D eigenvalue weighted by Crippen LogP contribution is -2.38. The fourth-order valence-electron chi connectivity index (χ4n) is 2.25. The number of carbonyl (C=O) groups excluding carboxylic acids is 1. The van der Waals surface area contributed by atoms with E-state index < -0.39 is 5.97 Å². The molecule has 1 heterocycles. The first-order chi connectivity index (χ1) is 11.4. The highest BCUT2D eigenvalue weighted by atomic mass is 16.5. The van der Waals surface area contributed by atoms with Gasteiger partial charge in [-0.15, -0.1) is 5.10 Å². The minimum Gasteiger partial charge on any atom is -0.494 e. The smallest absolute Gasteiger partial charge is 0.305 e. The predicted molar refractivity (Wildman–Crippen MR) is 84.1 cm³/mol. The molecule has 128 valence electrons. The van der Waals surface area contributed by atoms with E-state index in [9.17, 15) is 9.59 Å². The van der Waals surface area contributed by atoms with Crippen LogP contribution in [0.3, 0.4) is 0 Å². The summed E-state index contributed by atoms with van der Waals surface area (Å²) in [6.07, 6.45) is 1.29. The summed E-state index contributed by atoms with van der Waals surface area (Å²) in [6.45, 7) is 3.81. The quantitative estimate of drug-likeness (QED) is 0.804. The molecule has 2 rings (SSSR count). The monoisotopic (exact) mass is 333 g/mol. The Morgan fingerprint density at radius 1 is 1.38 bits per heavy atom. The van der Waals surface area contributed by atoms with Crippen LogP contribution in [0.4, 0.5) is 0 Å². The van der Waals surface area contributed by atoms with Gasteiger partial charge in [0.15, 0.2) is 0 Å². The minimum absolute atomic E-state index is 0.111. The van der Waals surface area contributed by atoms with Gasteiger partial charge in [0.2, 0.25) is 0 Å². The number of rotatable bonds is 7. The van der Waals surface area contributed by atoms with E-state index in [4.69, 9.17) is 9.84 Å². The molecular formula is C15H19N5O4. The molecule has 24 heavy (non-hydrogen) atoms. The van der Waals surface area contributed by atoms with Gasteiger partial charge in [0.1, 0.15) is 17.8 Å². The highest BCUT2D eigenvalue weighted by Gasteiger charge is 2.21. The number of carbonyl (C=O) groups is 2. The van der Waals surface area contributed by atoms with E-state index in [0.717, 1.165) is 0 Å². The lowest BCUT2D eigenvalue weighted by Gasteiger charge is -2.26.